The third-order valence-corrected chi connectivity index (χ3v) is 2.64. The van der Waals surface area contributed by atoms with Crippen molar-refractivity contribution in [2.75, 3.05) is 5.32 Å². The Morgan fingerprint density at radius 3 is 2.44 bits per heavy atom. The number of hydrogen-bond donors (Lipinski definition) is 2. The molecule has 0 unspecified atom stereocenters. The first-order chi connectivity index (χ1) is 8.75. The van der Waals surface area contributed by atoms with Crippen LogP contribution in [0.3, 0.4) is 0 Å². The lowest BCUT2D eigenvalue weighted by atomic mass is 10.1. The lowest BCUT2D eigenvalue weighted by molar-refractivity contribution is -0.137. The molecule has 91 valence electrons. The van der Waals surface area contributed by atoms with Gasteiger partial charge in [-0.25, -0.2) is 4.79 Å². The highest BCUT2D eigenvalue weighted by Gasteiger charge is 2.17. The molecule has 1 radical (unpaired) electrons. The van der Waals surface area contributed by atoms with Crippen molar-refractivity contribution in [3.05, 3.63) is 66.2 Å². The molecule has 1 atom stereocenters. The van der Waals surface area contributed by atoms with E-state index in [0.717, 1.165) is 11.3 Å². The van der Waals surface area contributed by atoms with E-state index in [1.807, 2.05) is 30.3 Å². The molecule has 0 aliphatic heterocycles. The maximum absolute atomic E-state index is 11.2. The van der Waals surface area contributed by atoms with Crippen LogP contribution in [-0.4, -0.2) is 17.1 Å². The Morgan fingerprint density at radius 2 is 1.83 bits per heavy atom. The molecule has 3 nitrogen and oxygen atoms in total. The number of nitrogens with one attached hydrogen (secondary N) is 1. The number of benzene rings is 2. The van der Waals surface area contributed by atoms with Gasteiger partial charge in [0.1, 0.15) is 6.04 Å². The second-order valence-electron chi connectivity index (χ2n) is 4.01. The van der Waals surface area contributed by atoms with E-state index in [1.54, 1.807) is 24.3 Å². The van der Waals surface area contributed by atoms with Crippen molar-refractivity contribution in [2.24, 2.45) is 0 Å². The summed E-state index contributed by atoms with van der Waals surface area (Å²) < 4.78 is 0. The molecule has 0 amide bonds. The van der Waals surface area contributed by atoms with Crippen LogP contribution in [0.15, 0.2) is 54.6 Å². The minimum atomic E-state index is -0.855. The lowest BCUT2D eigenvalue weighted by Gasteiger charge is -2.15. The molecule has 0 saturated carbocycles. The fraction of sp³-hybridized carbons (Fsp3) is 0.133. The Hall–Kier alpha value is -2.29. The van der Waals surface area contributed by atoms with Gasteiger partial charge in [0, 0.05) is 12.1 Å². The summed E-state index contributed by atoms with van der Waals surface area (Å²) in [5.74, 6) is -0.855. The van der Waals surface area contributed by atoms with Gasteiger partial charge in [-0.2, -0.15) is 0 Å². The number of rotatable bonds is 5. The van der Waals surface area contributed by atoms with E-state index < -0.39 is 12.0 Å². The third-order valence-electron chi connectivity index (χ3n) is 2.64. The third kappa shape index (κ3) is 3.35. The number of carboxylic acid groups (broad SMARTS) is 1. The van der Waals surface area contributed by atoms with Gasteiger partial charge in [-0.1, -0.05) is 42.5 Å². The van der Waals surface area contributed by atoms with E-state index >= 15 is 0 Å². The van der Waals surface area contributed by atoms with E-state index in [-0.39, 0.29) is 0 Å². The number of carboxylic acids is 1. The Balaban J connectivity index is 2.08. The zero-order chi connectivity index (χ0) is 12.8. The zero-order valence-corrected chi connectivity index (χ0v) is 9.84. The van der Waals surface area contributed by atoms with Crippen molar-refractivity contribution in [2.45, 2.75) is 12.5 Å². The predicted molar refractivity (Wildman–Crippen MR) is 70.5 cm³/mol. The van der Waals surface area contributed by atoms with Crippen LogP contribution in [0, 0.1) is 6.07 Å². The van der Waals surface area contributed by atoms with Gasteiger partial charge in [0.05, 0.1) is 0 Å². The minimum absolute atomic E-state index is 0.453. The molecule has 3 heteroatoms. The van der Waals surface area contributed by atoms with Crippen molar-refractivity contribution in [3.8, 4) is 0 Å². The van der Waals surface area contributed by atoms with Crippen LogP contribution in [-0.2, 0) is 11.2 Å². The SMILES string of the molecule is O=C(O)[C@H](Cc1ccccc1)Nc1cc[c]cc1. The van der Waals surface area contributed by atoms with Gasteiger partial charge in [0.2, 0.25) is 0 Å². The summed E-state index contributed by atoms with van der Waals surface area (Å²) in [6.45, 7) is 0. The molecule has 0 aromatic heterocycles. The first kappa shape index (κ1) is 12.2. The van der Waals surface area contributed by atoms with Gasteiger partial charge >= 0.3 is 5.97 Å². The number of aliphatic carboxylic acids is 1. The number of carbonyl (C=O) groups is 1. The van der Waals surface area contributed by atoms with Crippen LogP contribution in [0.2, 0.25) is 0 Å². The Morgan fingerprint density at radius 1 is 1.17 bits per heavy atom. The summed E-state index contributed by atoms with van der Waals surface area (Å²) in [7, 11) is 0. The van der Waals surface area contributed by atoms with Gasteiger partial charge in [-0.3, -0.25) is 0 Å². The average molecular weight is 240 g/mol. The maximum Gasteiger partial charge on any atom is 0.326 e. The summed E-state index contributed by atoms with van der Waals surface area (Å²) in [5, 5.41) is 12.2. The molecule has 0 fully saturated rings. The summed E-state index contributed by atoms with van der Waals surface area (Å²) in [6.07, 6.45) is 0.453. The number of anilines is 1. The Bertz CT molecular complexity index is 455. The lowest BCUT2D eigenvalue weighted by Crippen LogP contribution is -2.31. The molecule has 0 spiro atoms. The second kappa shape index (κ2) is 5.87. The van der Waals surface area contributed by atoms with Gasteiger partial charge in [0.15, 0.2) is 0 Å². The molecule has 2 N–H and O–H groups in total. The second-order valence-corrected chi connectivity index (χ2v) is 4.01. The first-order valence-electron chi connectivity index (χ1n) is 5.75. The summed E-state index contributed by atoms with van der Waals surface area (Å²) in [4.78, 5) is 11.2. The van der Waals surface area contributed by atoms with E-state index in [4.69, 9.17) is 0 Å². The maximum atomic E-state index is 11.2. The molecule has 2 rings (SSSR count). The van der Waals surface area contributed by atoms with Crippen molar-refractivity contribution in [1.82, 2.24) is 0 Å². The van der Waals surface area contributed by atoms with Crippen LogP contribution in [0.25, 0.3) is 0 Å². The van der Waals surface area contributed by atoms with E-state index in [2.05, 4.69) is 11.4 Å². The molecular formula is C15H14NO2. The Labute approximate surface area is 106 Å². The first-order valence-corrected chi connectivity index (χ1v) is 5.75. The minimum Gasteiger partial charge on any atom is -0.480 e. The van der Waals surface area contributed by atoms with Crippen molar-refractivity contribution in [3.63, 3.8) is 0 Å². The summed E-state index contributed by atoms with van der Waals surface area (Å²) in [5.41, 5.74) is 1.79. The highest BCUT2D eigenvalue weighted by Crippen LogP contribution is 2.11. The Kier molecular flexibility index (Phi) is 3.97. The molecule has 0 heterocycles. The van der Waals surface area contributed by atoms with Crippen LogP contribution >= 0.6 is 0 Å². The summed E-state index contributed by atoms with van der Waals surface area (Å²) in [6, 6.07) is 19.0. The summed E-state index contributed by atoms with van der Waals surface area (Å²) >= 11 is 0. The molecular weight excluding hydrogens is 226 g/mol. The fourth-order valence-corrected chi connectivity index (χ4v) is 1.73. The van der Waals surface area contributed by atoms with Crippen molar-refractivity contribution >= 4 is 11.7 Å². The highest BCUT2D eigenvalue weighted by molar-refractivity contribution is 5.77. The normalized spacial score (nSPS) is 11.8. The van der Waals surface area contributed by atoms with Crippen molar-refractivity contribution in [1.29, 1.82) is 0 Å². The van der Waals surface area contributed by atoms with Crippen molar-refractivity contribution < 1.29 is 9.90 Å². The molecule has 0 aliphatic rings. The van der Waals surface area contributed by atoms with Gasteiger partial charge in [-0.15, -0.1) is 0 Å². The topological polar surface area (TPSA) is 49.3 Å². The molecule has 2 aromatic carbocycles. The molecule has 2 aromatic rings. The van der Waals surface area contributed by atoms with Crippen LogP contribution in [0.4, 0.5) is 5.69 Å². The zero-order valence-electron chi connectivity index (χ0n) is 9.84. The number of hydrogen-bond acceptors (Lipinski definition) is 2. The fourth-order valence-electron chi connectivity index (χ4n) is 1.73. The molecule has 0 bridgehead atoms. The highest BCUT2D eigenvalue weighted by atomic mass is 16.4. The largest absolute Gasteiger partial charge is 0.480 e. The van der Waals surface area contributed by atoms with E-state index in [1.165, 1.54) is 0 Å². The molecule has 0 saturated heterocycles. The van der Waals surface area contributed by atoms with E-state index in [9.17, 15) is 9.90 Å². The predicted octanol–water partition coefficient (Wildman–Crippen LogP) is 2.59. The molecule has 0 aliphatic carbocycles. The smallest absolute Gasteiger partial charge is 0.326 e. The van der Waals surface area contributed by atoms with Crippen LogP contribution in [0.5, 0.6) is 0 Å². The molecule has 18 heavy (non-hydrogen) atoms. The average Bonchev–Trinajstić information content (AvgIpc) is 2.40. The van der Waals surface area contributed by atoms with Gasteiger partial charge in [0.25, 0.3) is 0 Å². The standard InChI is InChI=1S/C15H14NO2/c17-15(18)14(11-12-7-3-1-4-8-12)16-13-9-5-2-6-10-13/h1,3-10,14,16H,11H2,(H,17,18)/t14-/m0/s1. The monoisotopic (exact) mass is 240 g/mol. The quantitative estimate of drug-likeness (QED) is 0.844. The van der Waals surface area contributed by atoms with Gasteiger partial charge in [-0.05, 0) is 23.8 Å². The van der Waals surface area contributed by atoms with Gasteiger partial charge < -0.3 is 10.4 Å². The van der Waals surface area contributed by atoms with Crippen LogP contribution in [0.1, 0.15) is 5.56 Å². The van der Waals surface area contributed by atoms with Crippen LogP contribution < -0.4 is 5.32 Å². The van der Waals surface area contributed by atoms with E-state index in [0.29, 0.717) is 6.42 Å².